The van der Waals surface area contributed by atoms with E-state index >= 15 is 0 Å². The molecule has 17 heavy (non-hydrogen) atoms. The van der Waals surface area contributed by atoms with E-state index in [1.165, 1.54) is 6.42 Å². The Balaban J connectivity index is 2.00. The predicted octanol–water partition coefficient (Wildman–Crippen LogP) is 2.54. The SMILES string of the molecule is CCCc1nc(NC)cc(NCC2CC2C)n1. The normalized spacial score (nSPS) is 22.3. The van der Waals surface area contributed by atoms with E-state index in [0.717, 1.165) is 48.7 Å². The van der Waals surface area contributed by atoms with Gasteiger partial charge >= 0.3 is 0 Å². The van der Waals surface area contributed by atoms with E-state index in [9.17, 15) is 0 Å². The number of aryl methyl sites for hydroxylation is 1. The first kappa shape index (κ1) is 12.1. The average molecular weight is 234 g/mol. The van der Waals surface area contributed by atoms with E-state index in [4.69, 9.17) is 0 Å². The van der Waals surface area contributed by atoms with Crippen molar-refractivity contribution < 1.29 is 0 Å². The van der Waals surface area contributed by atoms with E-state index in [0.29, 0.717) is 0 Å². The van der Waals surface area contributed by atoms with Crippen molar-refractivity contribution in [2.45, 2.75) is 33.1 Å². The highest BCUT2D eigenvalue weighted by Crippen LogP contribution is 2.37. The second-order valence-electron chi connectivity index (χ2n) is 4.91. The van der Waals surface area contributed by atoms with Crippen molar-refractivity contribution in [1.29, 1.82) is 0 Å². The lowest BCUT2D eigenvalue weighted by Gasteiger charge is -2.09. The Hall–Kier alpha value is -1.32. The standard InChI is InChI=1S/C13H22N4/c1-4-5-11-16-12(14-3)7-13(17-11)15-8-10-6-9(10)2/h7,9-10H,4-6,8H2,1-3H3,(H2,14,15,16,17). The van der Waals surface area contributed by atoms with Crippen LogP contribution in [0, 0.1) is 11.8 Å². The maximum Gasteiger partial charge on any atom is 0.133 e. The van der Waals surface area contributed by atoms with Gasteiger partial charge in [0.15, 0.2) is 0 Å². The topological polar surface area (TPSA) is 49.8 Å². The number of hydrogen-bond donors (Lipinski definition) is 2. The van der Waals surface area contributed by atoms with Crippen LogP contribution in [0.1, 0.15) is 32.5 Å². The maximum absolute atomic E-state index is 4.53. The molecular weight excluding hydrogens is 212 g/mol. The smallest absolute Gasteiger partial charge is 0.133 e. The molecule has 0 bridgehead atoms. The molecule has 1 aliphatic carbocycles. The Labute approximate surface area is 103 Å². The van der Waals surface area contributed by atoms with Gasteiger partial charge in [0.05, 0.1) is 0 Å². The van der Waals surface area contributed by atoms with Crippen molar-refractivity contribution in [1.82, 2.24) is 9.97 Å². The average Bonchev–Trinajstić information content (AvgIpc) is 3.03. The number of aromatic nitrogens is 2. The fraction of sp³-hybridized carbons (Fsp3) is 0.692. The Bertz CT molecular complexity index is 378. The summed E-state index contributed by atoms with van der Waals surface area (Å²) in [5, 5.41) is 6.51. The zero-order chi connectivity index (χ0) is 12.3. The van der Waals surface area contributed by atoms with Crippen LogP contribution in [-0.2, 0) is 6.42 Å². The highest BCUT2D eigenvalue weighted by molar-refractivity contribution is 5.47. The summed E-state index contributed by atoms with van der Waals surface area (Å²) in [5.74, 6) is 4.48. The second-order valence-corrected chi connectivity index (χ2v) is 4.91. The molecule has 1 heterocycles. The summed E-state index contributed by atoms with van der Waals surface area (Å²) in [7, 11) is 1.89. The largest absolute Gasteiger partial charge is 0.373 e. The van der Waals surface area contributed by atoms with Gasteiger partial charge in [-0.3, -0.25) is 0 Å². The molecule has 4 nitrogen and oxygen atoms in total. The molecule has 94 valence electrons. The van der Waals surface area contributed by atoms with Crippen LogP contribution in [0.15, 0.2) is 6.07 Å². The van der Waals surface area contributed by atoms with Crippen LogP contribution in [0.25, 0.3) is 0 Å². The van der Waals surface area contributed by atoms with Gasteiger partial charge < -0.3 is 10.6 Å². The van der Waals surface area contributed by atoms with Gasteiger partial charge in [0.2, 0.25) is 0 Å². The van der Waals surface area contributed by atoms with Gasteiger partial charge in [0.1, 0.15) is 17.5 Å². The minimum atomic E-state index is 0.831. The fourth-order valence-corrected chi connectivity index (χ4v) is 1.97. The van der Waals surface area contributed by atoms with Crippen molar-refractivity contribution in [2.24, 2.45) is 11.8 Å². The van der Waals surface area contributed by atoms with Crippen LogP contribution in [-0.4, -0.2) is 23.6 Å². The molecule has 0 radical (unpaired) electrons. The molecule has 1 aromatic rings. The predicted molar refractivity (Wildman–Crippen MR) is 71.3 cm³/mol. The van der Waals surface area contributed by atoms with Gasteiger partial charge in [-0.2, -0.15) is 0 Å². The minimum Gasteiger partial charge on any atom is -0.373 e. The third kappa shape index (κ3) is 3.32. The van der Waals surface area contributed by atoms with Gasteiger partial charge in [0, 0.05) is 26.1 Å². The lowest BCUT2D eigenvalue weighted by Crippen LogP contribution is -2.09. The molecule has 2 unspecified atom stereocenters. The Morgan fingerprint density at radius 1 is 1.35 bits per heavy atom. The highest BCUT2D eigenvalue weighted by atomic mass is 15.1. The highest BCUT2D eigenvalue weighted by Gasteiger charge is 2.31. The molecule has 0 amide bonds. The maximum atomic E-state index is 4.53. The number of hydrogen-bond acceptors (Lipinski definition) is 4. The fourth-order valence-electron chi connectivity index (χ4n) is 1.97. The molecule has 4 heteroatoms. The molecule has 2 rings (SSSR count). The summed E-state index contributed by atoms with van der Waals surface area (Å²) in [6, 6.07) is 1.98. The summed E-state index contributed by atoms with van der Waals surface area (Å²) in [4.78, 5) is 8.97. The molecule has 2 atom stereocenters. The van der Waals surface area contributed by atoms with Gasteiger partial charge in [-0.05, 0) is 24.7 Å². The van der Waals surface area contributed by atoms with Gasteiger partial charge in [-0.25, -0.2) is 9.97 Å². The molecule has 1 aliphatic rings. The van der Waals surface area contributed by atoms with Crippen LogP contribution < -0.4 is 10.6 Å². The third-order valence-electron chi connectivity index (χ3n) is 3.32. The first-order chi connectivity index (χ1) is 8.22. The van der Waals surface area contributed by atoms with Crippen molar-refractivity contribution in [2.75, 3.05) is 24.2 Å². The summed E-state index contributed by atoms with van der Waals surface area (Å²) in [5.41, 5.74) is 0. The van der Waals surface area contributed by atoms with E-state index in [1.54, 1.807) is 0 Å². The van der Waals surface area contributed by atoms with Crippen molar-refractivity contribution in [3.8, 4) is 0 Å². The summed E-state index contributed by atoms with van der Waals surface area (Å²) in [6.45, 7) is 5.48. The molecule has 2 N–H and O–H groups in total. The number of nitrogens with zero attached hydrogens (tertiary/aromatic N) is 2. The summed E-state index contributed by atoms with van der Waals surface area (Å²) >= 11 is 0. The van der Waals surface area contributed by atoms with Crippen LogP contribution in [0.5, 0.6) is 0 Å². The monoisotopic (exact) mass is 234 g/mol. The molecular formula is C13H22N4. The van der Waals surface area contributed by atoms with E-state index in [2.05, 4.69) is 34.4 Å². The van der Waals surface area contributed by atoms with E-state index < -0.39 is 0 Å². The molecule has 0 aromatic carbocycles. The molecule has 1 fully saturated rings. The second kappa shape index (κ2) is 5.34. The van der Waals surface area contributed by atoms with Crippen molar-refractivity contribution >= 4 is 11.6 Å². The van der Waals surface area contributed by atoms with Crippen LogP contribution in [0.3, 0.4) is 0 Å². The quantitative estimate of drug-likeness (QED) is 0.794. The lowest BCUT2D eigenvalue weighted by atomic mass is 10.3. The molecule has 1 saturated carbocycles. The number of anilines is 2. The molecule has 0 spiro atoms. The summed E-state index contributed by atoms with van der Waals surface area (Å²) in [6.07, 6.45) is 3.36. The third-order valence-corrected chi connectivity index (χ3v) is 3.32. The zero-order valence-corrected chi connectivity index (χ0v) is 11.0. The van der Waals surface area contributed by atoms with Crippen LogP contribution in [0.2, 0.25) is 0 Å². The van der Waals surface area contributed by atoms with Crippen LogP contribution in [0.4, 0.5) is 11.6 Å². The van der Waals surface area contributed by atoms with E-state index in [1.807, 2.05) is 13.1 Å². The summed E-state index contributed by atoms with van der Waals surface area (Å²) < 4.78 is 0. The minimum absolute atomic E-state index is 0.831. The molecule has 1 aromatic heterocycles. The lowest BCUT2D eigenvalue weighted by molar-refractivity contribution is 0.779. The number of rotatable bonds is 6. The first-order valence-electron chi connectivity index (χ1n) is 6.52. The van der Waals surface area contributed by atoms with Crippen molar-refractivity contribution in [3.05, 3.63) is 11.9 Å². The Kier molecular flexibility index (Phi) is 3.82. The van der Waals surface area contributed by atoms with E-state index in [-0.39, 0.29) is 0 Å². The molecule has 0 saturated heterocycles. The number of nitrogens with one attached hydrogen (secondary N) is 2. The zero-order valence-electron chi connectivity index (χ0n) is 11.0. The van der Waals surface area contributed by atoms with Crippen molar-refractivity contribution in [3.63, 3.8) is 0 Å². The first-order valence-corrected chi connectivity index (χ1v) is 6.52. The van der Waals surface area contributed by atoms with Gasteiger partial charge in [-0.15, -0.1) is 0 Å². The van der Waals surface area contributed by atoms with Gasteiger partial charge in [-0.1, -0.05) is 13.8 Å². The van der Waals surface area contributed by atoms with Gasteiger partial charge in [0.25, 0.3) is 0 Å². The Morgan fingerprint density at radius 2 is 2.06 bits per heavy atom. The molecule has 0 aliphatic heterocycles. The Morgan fingerprint density at radius 3 is 2.65 bits per heavy atom. The van der Waals surface area contributed by atoms with Crippen LogP contribution >= 0.6 is 0 Å².